The van der Waals surface area contributed by atoms with Crippen LogP contribution in [0.3, 0.4) is 0 Å². The van der Waals surface area contributed by atoms with Crippen molar-refractivity contribution in [2.45, 2.75) is 18.0 Å². The van der Waals surface area contributed by atoms with E-state index in [1.807, 2.05) is 11.8 Å². The predicted octanol–water partition coefficient (Wildman–Crippen LogP) is 1.11. The molecule has 0 aromatic carbocycles. The highest BCUT2D eigenvalue weighted by Gasteiger charge is 2.26. The summed E-state index contributed by atoms with van der Waals surface area (Å²) in [5.74, 6) is 1.16. The molecule has 2 unspecified atom stereocenters. The zero-order valence-corrected chi connectivity index (χ0v) is 6.61. The minimum absolute atomic E-state index is 0.273. The molecule has 0 spiro atoms. The maximum atomic E-state index is 5.17. The zero-order chi connectivity index (χ0) is 6.69. The maximum Gasteiger partial charge on any atom is 0.129 e. The molecular weight excluding hydrogens is 136 g/mol. The molecule has 1 fully saturated rings. The van der Waals surface area contributed by atoms with Crippen LogP contribution in [0.15, 0.2) is 0 Å². The van der Waals surface area contributed by atoms with Gasteiger partial charge in [-0.05, 0) is 12.2 Å². The van der Waals surface area contributed by atoms with Gasteiger partial charge >= 0.3 is 0 Å². The summed E-state index contributed by atoms with van der Waals surface area (Å²) in [7, 11) is 3.47. The van der Waals surface area contributed by atoms with E-state index in [0.29, 0.717) is 6.10 Å². The minimum Gasteiger partial charge on any atom is -0.378 e. The van der Waals surface area contributed by atoms with Crippen molar-refractivity contribution in [3.05, 3.63) is 0 Å². The van der Waals surface area contributed by atoms with Crippen LogP contribution in [-0.2, 0) is 9.47 Å². The van der Waals surface area contributed by atoms with E-state index >= 15 is 0 Å². The van der Waals surface area contributed by atoms with Crippen LogP contribution in [0.2, 0.25) is 0 Å². The van der Waals surface area contributed by atoms with Crippen LogP contribution in [0.4, 0.5) is 0 Å². The summed E-state index contributed by atoms with van der Waals surface area (Å²) in [5, 5.41) is 0. The van der Waals surface area contributed by atoms with E-state index in [0.717, 1.165) is 12.2 Å². The number of thioether (sulfide) groups is 1. The topological polar surface area (TPSA) is 18.5 Å². The number of methoxy groups -OCH3 is 2. The highest BCUT2D eigenvalue weighted by molar-refractivity contribution is 8.00. The molecule has 0 bridgehead atoms. The summed E-state index contributed by atoms with van der Waals surface area (Å²) in [6.07, 6.45) is 1.44. The van der Waals surface area contributed by atoms with Crippen molar-refractivity contribution in [3.63, 3.8) is 0 Å². The first-order chi connectivity index (χ1) is 4.38. The molecule has 2 nitrogen and oxygen atoms in total. The highest BCUT2D eigenvalue weighted by atomic mass is 32.2. The van der Waals surface area contributed by atoms with Gasteiger partial charge in [0.15, 0.2) is 0 Å². The molecule has 9 heavy (non-hydrogen) atoms. The Bertz CT molecular complexity index is 77.1. The first-order valence-corrected chi connectivity index (χ1v) is 4.10. The molecule has 1 heterocycles. The fraction of sp³-hybridized carbons (Fsp3) is 1.00. The minimum atomic E-state index is 0.273. The van der Waals surface area contributed by atoms with E-state index in [1.165, 1.54) is 0 Å². The van der Waals surface area contributed by atoms with Gasteiger partial charge in [-0.3, -0.25) is 0 Å². The lowest BCUT2D eigenvalue weighted by Crippen LogP contribution is -2.21. The molecule has 0 amide bonds. The van der Waals surface area contributed by atoms with Crippen LogP contribution in [0, 0.1) is 0 Å². The molecule has 1 rings (SSSR count). The standard InChI is InChI=1S/C6H12O2S/c1-7-5-3-4-9-6(5)8-2/h5-6H,3-4H2,1-2H3. The summed E-state index contributed by atoms with van der Waals surface area (Å²) >= 11 is 1.83. The Balaban J connectivity index is 2.32. The van der Waals surface area contributed by atoms with Gasteiger partial charge in [-0.1, -0.05) is 0 Å². The Morgan fingerprint density at radius 2 is 2.11 bits per heavy atom. The van der Waals surface area contributed by atoms with Crippen molar-refractivity contribution in [2.75, 3.05) is 20.0 Å². The Hall–Kier alpha value is 0.270. The Kier molecular flexibility index (Phi) is 2.82. The Morgan fingerprint density at radius 1 is 1.33 bits per heavy atom. The van der Waals surface area contributed by atoms with Crippen molar-refractivity contribution in [2.24, 2.45) is 0 Å². The van der Waals surface area contributed by atoms with Gasteiger partial charge in [-0.15, -0.1) is 11.8 Å². The normalized spacial score (nSPS) is 35.3. The summed E-state index contributed by atoms with van der Waals surface area (Å²) < 4.78 is 10.3. The van der Waals surface area contributed by atoms with Gasteiger partial charge in [0.1, 0.15) is 5.44 Å². The van der Waals surface area contributed by atoms with Crippen molar-refractivity contribution in [1.29, 1.82) is 0 Å². The third-order valence-electron chi connectivity index (χ3n) is 1.52. The monoisotopic (exact) mass is 148 g/mol. The number of hydrogen-bond acceptors (Lipinski definition) is 3. The van der Waals surface area contributed by atoms with E-state index in [9.17, 15) is 0 Å². The van der Waals surface area contributed by atoms with Crippen LogP contribution >= 0.6 is 11.8 Å². The van der Waals surface area contributed by atoms with Gasteiger partial charge in [0.2, 0.25) is 0 Å². The molecule has 0 radical (unpaired) electrons. The number of rotatable bonds is 2. The quantitative estimate of drug-likeness (QED) is 0.584. The average molecular weight is 148 g/mol. The molecular formula is C6H12O2S. The first-order valence-electron chi connectivity index (χ1n) is 3.05. The molecule has 1 aliphatic rings. The largest absolute Gasteiger partial charge is 0.378 e. The van der Waals surface area contributed by atoms with E-state index in [-0.39, 0.29) is 5.44 Å². The predicted molar refractivity (Wildman–Crippen MR) is 38.7 cm³/mol. The van der Waals surface area contributed by atoms with E-state index in [1.54, 1.807) is 14.2 Å². The molecule has 2 atom stereocenters. The first kappa shape index (κ1) is 7.38. The van der Waals surface area contributed by atoms with Gasteiger partial charge in [-0.25, -0.2) is 0 Å². The molecule has 54 valence electrons. The molecule has 0 aliphatic carbocycles. The lowest BCUT2D eigenvalue weighted by Gasteiger charge is -2.14. The molecule has 0 saturated carbocycles. The average Bonchev–Trinajstić information content (AvgIpc) is 2.33. The fourth-order valence-corrected chi connectivity index (χ4v) is 2.19. The summed E-state index contributed by atoms with van der Waals surface area (Å²) in [4.78, 5) is 0. The van der Waals surface area contributed by atoms with Gasteiger partial charge in [0.05, 0.1) is 6.10 Å². The lowest BCUT2D eigenvalue weighted by molar-refractivity contribution is 0.0156. The maximum absolute atomic E-state index is 5.17. The molecule has 0 aromatic rings. The summed E-state index contributed by atoms with van der Waals surface area (Å²) in [6.45, 7) is 0. The molecule has 1 aliphatic heterocycles. The SMILES string of the molecule is COC1CCSC1OC. The van der Waals surface area contributed by atoms with Gasteiger partial charge in [0, 0.05) is 14.2 Å². The molecule has 0 aromatic heterocycles. The Labute approximate surface area is 59.9 Å². The van der Waals surface area contributed by atoms with Gasteiger partial charge in [-0.2, -0.15) is 0 Å². The smallest absolute Gasteiger partial charge is 0.129 e. The van der Waals surface area contributed by atoms with Crippen molar-refractivity contribution in [1.82, 2.24) is 0 Å². The zero-order valence-electron chi connectivity index (χ0n) is 5.79. The van der Waals surface area contributed by atoms with Crippen LogP contribution < -0.4 is 0 Å². The van der Waals surface area contributed by atoms with Crippen LogP contribution in [0.1, 0.15) is 6.42 Å². The van der Waals surface area contributed by atoms with Crippen LogP contribution in [-0.4, -0.2) is 31.5 Å². The second-order valence-corrected chi connectivity index (χ2v) is 3.24. The fourth-order valence-electron chi connectivity index (χ4n) is 0.993. The number of hydrogen-bond donors (Lipinski definition) is 0. The van der Waals surface area contributed by atoms with Crippen molar-refractivity contribution < 1.29 is 9.47 Å². The van der Waals surface area contributed by atoms with Crippen molar-refractivity contribution in [3.8, 4) is 0 Å². The summed E-state index contributed by atoms with van der Waals surface area (Å²) in [5.41, 5.74) is 0.273. The van der Waals surface area contributed by atoms with Gasteiger partial charge in [0.25, 0.3) is 0 Å². The highest BCUT2D eigenvalue weighted by Crippen LogP contribution is 2.28. The Morgan fingerprint density at radius 3 is 2.56 bits per heavy atom. The lowest BCUT2D eigenvalue weighted by atomic mass is 10.3. The molecule has 1 saturated heterocycles. The molecule has 0 N–H and O–H groups in total. The van der Waals surface area contributed by atoms with Crippen LogP contribution in [0.5, 0.6) is 0 Å². The van der Waals surface area contributed by atoms with E-state index in [4.69, 9.17) is 9.47 Å². The van der Waals surface area contributed by atoms with E-state index < -0.39 is 0 Å². The van der Waals surface area contributed by atoms with Crippen LogP contribution in [0.25, 0.3) is 0 Å². The van der Waals surface area contributed by atoms with Gasteiger partial charge < -0.3 is 9.47 Å². The summed E-state index contributed by atoms with van der Waals surface area (Å²) in [6, 6.07) is 0. The second-order valence-electron chi connectivity index (χ2n) is 2.04. The van der Waals surface area contributed by atoms with E-state index in [2.05, 4.69) is 0 Å². The third kappa shape index (κ3) is 1.60. The number of ether oxygens (including phenoxy) is 2. The van der Waals surface area contributed by atoms with Crippen molar-refractivity contribution >= 4 is 11.8 Å². The molecule has 3 heteroatoms. The second kappa shape index (κ2) is 3.44. The third-order valence-corrected chi connectivity index (χ3v) is 2.82.